The lowest BCUT2D eigenvalue weighted by atomic mass is 9.98. The van der Waals surface area contributed by atoms with Gasteiger partial charge in [-0.25, -0.2) is 0 Å². The Hall–Kier alpha value is -4.06. The summed E-state index contributed by atoms with van der Waals surface area (Å²) in [5, 5.41) is 7.30. The first-order valence-electron chi connectivity index (χ1n) is 10.8. The number of carbonyl (C=O) groups excluding carboxylic acids is 1. The Morgan fingerprint density at radius 3 is 2.48 bits per heavy atom. The third-order valence-corrected chi connectivity index (χ3v) is 5.51. The molecule has 0 aliphatic heterocycles. The maximum Gasteiger partial charge on any atom is 0.224 e. The zero-order valence-electron chi connectivity index (χ0n) is 18.8. The van der Waals surface area contributed by atoms with Crippen molar-refractivity contribution in [1.29, 1.82) is 0 Å². The number of hydrogen-bond donors (Lipinski definition) is 1. The molecule has 0 unspecified atom stereocenters. The third-order valence-electron chi connectivity index (χ3n) is 5.51. The van der Waals surface area contributed by atoms with Crippen LogP contribution in [0.2, 0.25) is 0 Å². The van der Waals surface area contributed by atoms with Crippen molar-refractivity contribution in [2.75, 3.05) is 14.2 Å². The van der Waals surface area contributed by atoms with E-state index in [2.05, 4.69) is 40.7 Å². The van der Waals surface area contributed by atoms with Gasteiger partial charge in [0.1, 0.15) is 11.5 Å². The average molecular weight is 442 g/mol. The molecule has 168 valence electrons. The summed E-state index contributed by atoms with van der Waals surface area (Å²) >= 11 is 0. The van der Waals surface area contributed by atoms with Gasteiger partial charge in [-0.3, -0.25) is 9.48 Å². The van der Waals surface area contributed by atoms with E-state index in [9.17, 15) is 4.79 Å². The maximum absolute atomic E-state index is 12.6. The molecule has 0 aliphatic carbocycles. The fraction of sp³-hybridized carbons (Fsp3) is 0.185. The van der Waals surface area contributed by atoms with Gasteiger partial charge in [0.2, 0.25) is 5.91 Å². The predicted octanol–water partition coefficient (Wildman–Crippen LogP) is 4.47. The van der Waals surface area contributed by atoms with Crippen molar-refractivity contribution in [3.05, 3.63) is 102 Å². The van der Waals surface area contributed by atoms with Crippen molar-refractivity contribution in [2.45, 2.75) is 19.5 Å². The molecular weight excluding hydrogens is 414 g/mol. The smallest absolute Gasteiger partial charge is 0.224 e. The van der Waals surface area contributed by atoms with Gasteiger partial charge in [0.25, 0.3) is 0 Å². The van der Waals surface area contributed by atoms with E-state index in [1.165, 1.54) is 5.56 Å². The zero-order valence-corrected chi connectivity index (χ0v) is 18.8. The number of methoxy groups -OCH3 is 2. The van der Waals surface area contributed by atoms with Crippen LogP contribution in [0.5, 0.6) is 11.5 Å². The van der Waals surface area contributed by atoms with Crippen molar-refractivity contribution in [2.24, 2.45) is 0 Å². The van der Waals surface area contributed by atoms with Crippen molar-refractivity contribution >= 4 is 5.91 Å². The van der Waals surface area contributed by atoms with Crippen LogP contribution in [0.25, 0.3) is 11.1 Å². The number of benzene rings is 3. The first-order chi connectivity index (χ1) is 16.2. The first-order valence-corrected chi connectivity index (χ1v) is 10.8. The SMILES string of the molecule is COc1ccc(CC(=O)NCc2ccccc2-c2ccc(Cn3cccn3)cc2)c(OC)c1. The van der Waals surface area contributed by atoms with E-state index in [-0.39, 0.29) is 12.3 Å². The summed E-state index contributed by atoms with van der Waals surface area (Å²) in [6.07, 6.45) is 3.97. The van der Waals surface area contributed by atoms with Crippen LogP contribution >= 0.6 is 0 Å². The Morgan fingerprint density at radius 2 is 1.76 bits per heavy atom. The highest BCUT2D eigenvalue weighted by Gasteiger charge is 2.11. The Labute approximate surface area is 193 Å². The molecule has 3 aromatic carbocycles. The van der Waals surface area contributed by atoms with E-state index in [4.69, 9.17) is 9.47 Å². The number of nitrogens with one attached hydrogen (secondary N) is 1. The summed E-state index contributed by atoms with van der Waals surface area (Å²) in [7, 11) is 3.19. The number of amides is 1. The number of carbonyl (C=O) groups is 1. The summed E-state index contributed by atoms with van der Waals surface area (Å²) in [5.74, 6) is 1.27. The quantitative estimate of drug-likeness (QED) is 0.416. The molecular formula is C27H27N3O3. The van der Waals surface area contributed by atoms with E-state index in [1.54, 1.807) is 26.5 Å². The third kappa shape index (κ3) is 5.60. The largest absolute Gasteiger partial charge is 0.497 e. The molecule has 0 radical (unpaired) electrons. The van der Waals surface area contributed by atoms with Gasteiger partial charge < -0.3 is 14.8 Å². The highest BCUT2D eigenvalue weighted by Crippen LogP contribution is 2.26. The summed E-state index contributed by atoms with van der Waals surface area (Å²) in [6, 6.07) is 24.0. The Bertz CT molecular complexity index is 1200. The standard InChI is InChI=1S/C27H27N3O3/c1-32-24-13-12-22(26(17-24)33-2)16-27(31)28-18-23-6-3-4-7-25(23)21-10-8-20(9-11-21)19-30-15-5-14-29-30/h3-15,17H,16,18-19H2,1-2H3,(H,28,31). The molecule has 1 N–H and O–H groups in total. The summed E-state index contributed by atoms with van der Waals surface area (Å²) in [4.78, 5) is 12.6. The van der Waals surface area contributed by atoms with Gasteiger partial charge in [0, 0.05) is 30.6 Å². The Kier molecular flexibility index (Phi) is 7.05. The van der Waals surface area contributed by atoms with Crippen molar-refractivity contribution in [3.8, 4) is 22.6 Å². The van der Waals surface area contributed by atoms with Gasteiger partial charge in [0.15, 0.2) is 0 Å². The molecule has 33 heavy (non-hydrogen) atoms. The zero-order chi connectivity index (χ0) is 23.0. The van der Waals surface area contributed by atoms with Crippen molar-refractivity contribution < 1.29 is 14.3 Å². The van der Waals surface area contributed by atoms with E-state index in [0.717, 1.165) is 28.8 Å². The second-order valence-electron chi connectivity index (χ2n) is 7.69. The fourth-order valence-electron chi connectivity index (χ4n) is 3.75. The predicted molar refractivity (Wildman–Crippen MR) is 128 cm³/mol. The average Bonchev–Trinajstić information content (AvgIpc) is 3.37. The van der Waals surface area contributed by atoms with Gasteiger partial charge in [-0.2, -0.15) is 5.10 Å². The highest BCUT2D eigenvalue weighted by molar-refractivity contribution is 5.80. The number of aromatic nitrogens is 2. The van der Waals surface area contributed by atoms with Crippen LogP contribution in [-0.2, 0) is 24.3 Å². The van der Waals surface area contributed by atoms with Crippen LogP contribution in [0.15, 0.2) is 85.2 Å². The lowest BCUT2D eigenvalue weighted by molar-refractivity contribution is -0.120. The highest BCUT2D eigenvalue weighted by atomic mass is 16.5. The molecule has 1 aromatic heterocycles. The monoisotopic (exact) mass is 441 g/mol. The Morgan fingerprint density at radius 1 is 0.939 bits per heavy atom. The number of rotatable bonds is 9. The van der Waals surface area contributed by atoms with Crippen LogP contribution in [0.1, 0.15) is 16.7 Å². The molecule has 4 rings (SSSR count). The summed E-state index contributed by atoms with van der Waals surface area (Å²) in [5.41, 5.74) is 5.28. The van der Waals surface area contributed by atoms with E-state index >= 15 is 0 Å². The molecule has 0 saturated carbocycles. The summed E-state index contributed by atoms with van der Waals surface area (Å²) in [6.45, 7) is 1.18. The lowest BCUT2D eigenvalue weighted by Gasteiger charge is -2.13. The number of ether oxygens (including phenoxy) is 2. The van der Waals surface area contributed by atoms with E-state index in [1.807, 2.05) is 47.3 Å². The molecule has 1 amide bonds. The minimum absolute atomic E-state index is 0.0668. The second-order valence-corrected chi connectivity index (χ2v) is 7.69. The van der Waals surface area contributed by atoms with Gasteiger partial charge in [-0.15, -0.1) is 0 Å². The van der Waals surface area contributed by atoms with Gasteiger partial charge >= 0.3 is 0 Å². The van der Waals surface area contributed by atoms with E-state index in [0.29, 0.717) is 18.0 Å². The van der Waals surface area contributed by atoms with Gasteiger partial charge in [-0.1, -0.05) is 54.6 Å². The van der Waals surface area contributed by atoms with Crippen LogP contribution in [0.4, 0.5) is 0 Å². The molecule has 1 heterocycles. The normalized spacial score (nSPS) is 10.6. The van der Waals surface area contributed by atoms with Crippen LogP contribution in [-0.4, -0.2) is 29.9 Å². The molecule has 0 spiro atoms. The second kappa shape index (κ2) is 10.5. The minimum Gasteiger partial charge on any atom is -0.497 e. The van der Waals surface area contributed by atoms with Crippen LogP contribution in [0, 0.1) is 0 Å². The minimum atomic E-state index is -0.0668. The first kappa shape index (κ1) is 22.1. The lowest BCUT2D eigenvalue weighted by Crippen LogP contribution is -2.25. The molecule has 6 nitrogen and oxygen atoms in total. The molecule has 0 atom stereocenters. The maximum atomic E-state index is 12.6. The fourth-order valence-corrected chi connectivity index (χ4v) is 3.75. The van der Waals surface area contributed by atoms with Gasteiger partial charge in [0.05, 0.1) is 27.2 Å². The molecule has 0 aliphatic rings. The molecule has 0 fully saturated rings. The molecule has 0 saturated heterocycles. The molecule has 6 heteroatoms. The van der Waals surface area contributed by atoms with Gasteiger partial charge in [-0.05, 0) is 34.4 Å². The molecule has 4 aromatic rings. The topological polar surface area (TPSA) is 65.4 Å². The Balaban J connectivity index is 1.42. The molecule has 0 bridgehead atoms. The van der Waals surface area contributed by atoms with Crippen molar-refractivity contribution in [1.82, 2.24) is 15.1 Å². The van der Waals surface area contributed by atoms with Crippen LogP contribution < -0.4 is 14.8 Å². The summed E-state index contributed by atoms with van der Waals surface area (Å²) < 4.78 is 12.5. The van der Waals surface area contributed by atoms with E-state index < -0.39 is 0 Å². The number of hydrogen-bond acceptors (Lipinski definition) is 4. The van der Waals surface area contributed by atoms with Crippen LogP contribution in [0.3, 0.4) is 0 Å². The van der Waals surface area contributed by atoms with Crippen molar-refractivity contribution in [3.63, 3.8) is 0 Å². The number of nitrogens with zero attached hydrogens (tertiary/aromatic N) is 2.